The van der Waals surface area contributed by atoms with E-state index in [-0.39, 0.29) is 0 Å². The first-order chi connectivity index (χ1) is 16.0. The van der Waals surface area contributed by atoms with Gasteiger partial charge in [-0.3, -0.25) is 14.4 Å². The molecule has 1 atom stereocenters. The van der Waals surface area contributed by atoms with Crippen LogP contribution < -0.4 is 0 Å². The van der Waals surface area contributed by atoms with Gasteiger partial charge in [0.25, 0.3) is 0 Å². The van der Waals surface area contributed by atoms with E-state index in [1.54, 1.807) is 0 Å². The Balaban J connectivity index is 1.60. The summed E-state index contributed by atoms with van der Waals surface area (Å²) in [5.74, 6) is 4.47. The molecule has 5 nitrogen and oxygen atoms in total. The average Bonchev–Trinajstić information content (AvgIpc) is 3.56. The summed E-state index contributed by atoms with van der Waals surface area (Å²) in [4.78, 5) is 0.700. The van der Waals surface area contributed by atoms with Crippen LogP contribution in [0, 0.1) is 0 Å². The topological polar surface area (TPSA) is 74.4 Å². The van der Waals surface area contributed by atoms with Crippen molar-refractivity contribution in [1.29, 1.82) is 0 Å². The van der Waals surface area contributed by atoms with Crippen LogP contribution in [0.1, 0.15) is 6.92 Å². The molecule has 5 aromatic rings. The molecular weight excluding hydrogens is 428 g/mol. The smallest absolute Gasteiger partial charge is 0.0927 e. The predicted octanol–water partition coefficient (Wildman–Crippen LogP) is 5.90. The van der Waals surface area contributed by atoms with E-state index in [9.17, 15) is 4.21 Å². The minimum absolute atomic E-state index is 0.460. The van der Waals surface area contributed by atoms with Crippen molar-refractivity contribution >= 4 is 15.4 Å². The van der Waals surface area contributed by atoms with E-state index in [1.807, 2.05) is 97.9 Å². The number of aromatic amines is 2. The fourth-order valence-corrected chi connectivity index (χ4v) is 4.76. The molecule has 0 spiro atoms. The Morgan fingerprint density at radius 2 is 1.15 bits per heavy atom. The second-order valence-corrected chi connectivity index (χ2v) is 10.6. The molecule has 0 aliphatic heterocycles. The van der Waals surface area contributed by atoms with Gasteiger partial charge in [-0.2, -0.15) is 10.2 Å². The molecule has 1 unspecified atom stereocenters. The Hall–Kier alpha value is -3.90. The van der Waals surface area contributed by atoms with Crippen molar-refractivity contribution < 1.29 is 4.21 Å². The lowest BCUT2D eigenvalue weighted by atomic mass is 10.0. The number of nitrogens with zero attached hydrogens (tertiary/aromatic N) is 2. The van der Waals surface area contributed by atoms with E-state index in [1.165, 1.54) is 0 Å². The van der Waals surface area contributed by atoms with Crippen LogP contribution in [0.4, 0.5) is 0 Å². The summed E-state index contributed by atoms with van der Waals surface area (Å²) in [5, 5.41) is 15.3. The van der Waals surface area contributed by atoms with Gasteiger partial charge in [0.05, 0.1) is 22.8 Å². The average molecular weight is 453 g/mol. The highest BCUT2D eigenvalue weighted by atomic mass is 32.2. The van der Waals surface area contributed by atoms with Gasteiger partial charge in [-0.15, -0.1) is 0 Å². The number of hydrogen-bond acceptors (Lipinski definition) is 3. The minimum Gasteiger partial charge on any atom is -0.277 e. The van der Waals surface area contributed by atoms with E-state index in [4.69, 9.17) is 0 Å². The Bertz CT molecular complexity index is 1400. The normalized spacial score (nSPS) is 13.0. The SMILES string of the molecule is C=S(=O)(CC)c1cc(-c2cc(-c3ccccc3)[nH]n2)cc(-c2cc(-c3ccccc3)[nH]n2)c1. The number of H-pyrrole nitrogens is 2. The standard InChI is InChI=1S/C27H24N4OS/c1-3-33(2,32)23-15-21(26-17-24(28-30-26)19-10-6-4-7-11-19)14-22(16-23)27-18-25(29-31-27)20-12-8-5-9-13-20/h4-18H,2-3H2,1H3,(H,28,30)(H,29,31). The summed E-state index contributed by atoms with van der Waals surface area (Å²) in [6, 6.07) is 30.0. The molecule has 0 bridgehead atoms. The maximum atomic E-state index is 13.2. The van der Waals surface area contributed by atoms with Gasteiger partial charge in [0.1, 0.15) is 0 Å². The zero-order valence-corrected chi connectivity index (χ0v) is 19.1. The van der Waals surface area contributed by atoms with Crippen molar-refractivity contribution in [3.63, 3.8) is 0 Å². The highest BCUT2D eigenvalue weighted by Gasteiger charge is 2.15. The second kappa shape index (κ2) is 8.56. The molecule has 0 saturated carbocycles. The third kappa shape index (κ3) is 4.25. The molecule has 0 fully saturated rings. The summed E-state index contributed by atoms with van der Waals surface area (Å²) < 4.78 is 13.2. The molecule has 164 valence electrons. The molecule has 6 heteroatoms. The second-order valence-electron chi connectivity index (χ2n) is 7.91. The summed E-state index contributed by atoms with van der Waals surface area (Å²) in [5.41, 5.74) is 7.27. The molecule has 3 aromatic carbocycles. The van der Waals surface area contributed by atoms with E-state index in [2.05, 4.69) is 26.3 Å². The van der Waals surface area contributed by atoms with Gasteiger partial charge in [-0.05, 0) is 56.9 Å². The number of nitrogens with one attached hydrogen (secondary N) is 2. The molecular formula is C27H24N4OS. The molecule has 0 amide bonds. The van der Waals surface area contributed by atoms with Crippen molar-refractivity contribution in [3.8, 4) is 45.0 Å². The molecule has 0 aliphatic rings. The van der Waals surface area contributed by atoms with Gasteiger partial charge in [-0.1, -0.05) is 67.6 Å². The first kappa shape index (κ1) is 21.0. The first-order valence-corrected chi connectivity index (χ1v) is 12.7. The molecule has 0 saturated heterocycles. The lowest BCUT2D eigenvalue weighted by molar-refractivity contribution is 0.682. The monoisotopic (exact) mass is 452 g/mol. The van der Waals surface area contributed by atoms with E-state index in [0.29, 0.717) is 10.6 Å². The summed E-state index contributed by atoms with van der Waals surface area (Å²) in [7, 11) is -2.43. The van der Waals surface area contributed by atoms with Crippen LogP contribution in [-0.4, -0.2) is 36.2 Å². The van der Waals surface area contributed by atoms with Crippen LogP contribution in [0.25, 0.3) is 45.0 Å². The third-order valence-corrected chi connectivity index (χ3v) is 7.75. The molecule has 2 heterocycles. The molecule has 0 aliphatic carbocycles. The zero-order chi connectivity index (χ0) is 22.8. The van der Waals surface area contributed by atoms with Gasteiger partial charge in [0, 0.05) is 21.8 Å². The molecule has 2 aromatic heterocycles. The first-order valence-electron chi connectivity index (χ1n) is 10.8. The van der Waals surface area contributed by atoms with Crippen molar-refractivity contribution in [1.82, 2.24) is 20.4 Å². The van der Waals surface area contributed by atoms with Crippen molar-refractivity contribution in [2.45, 2.75) is 11.8 Å². The molecule has 0 radical (unpaired) electrons. The summed E-state index contributed by atoms with van der Waals surface area (Å²) in [6.45, 7) is 1.89. The lowest BCUT2D eigenvalue weighted by Gasteiger charge is -2.10. The van der Waals surface area contributed by atoms with Crippen LogP contribution in [0.3, 0.4) is 0 Å². The van der Waals surface area contributed by atoms with Gasteiger partial charge >= 0.3 is 0 Å². The molecule has 33 heavy (non-hydrogen) atoms. The van der Waals surface area contributed by atoms with Gasteiger partial charge in [-0.25, -0.2) is 0 Å². The highest BCUT2D eigenvalue weighted by Crippen LogP contribution is 2.32. The number of hydrogen-bond donors (Lipinski definition) is 2. The van der Waals surface area contributed by atoms with Crippen LogP contribution in [0.2, 0.25) is 0 Å². The van der Waals surface area contributed by atoms with Crippen molar-refractivity contribution in [2.24, 2.45) is 0 Å². The fraction of sp³-hybridized carbons (Fsp3) is 0.0741. The maximum absolute atomic E-state index is 13.2. The summed E-state index contributed by atoms with van der Waals surface area (Å²) in [6.07, 6.45) is 0. The summed E-state index contributed by atoms with van der Waals surface area (Å²) >= 11 is 0. The van der Waals surface area contributed by atoms with Crippen molar-refractivity contribution in [3.05, 3.63) is 91.0 Å². The zero-order valence-electron chi connectivity index (χ0n) is 18.3. The Labute approximate surface area is 193 Å². The maximum Gasteiger partial charge on any atom is 0.0927 e. The number of rotatable bonds is 6. The number of aromatic nitrogens is 4. The van der Waals surface area contributed by atoms with Gasteiger partial charge in [0.2, 0.25) is 0 Å². The Kier molecular flexibility index (Phi) is 5.44. The lowest BCUT2D eigenvalue weighted by Crippen LogP contribution is -2.04. The Morgan fingerprint density at radius 1 is 0.697 bits per heavy atom. The van der Waals surface area contributed by atoms with Crippen LogP contribution in [0.15, 0.2) is 95.9 Å². The largest absolute Gasteiger partial charge is 0.277 e. The van der Waals surface area contributed by atoms with E-state index in [0.717, 1.165) is 45.0 Å². The van der Waals surface area contributed by atoms with E-state index >= 15 is 0 Å². The predicted molar refractivity (Wildman–Crippen MR) is 137 cm³/mol. The van der Waals surface area contributed by atoms with Crippen LogP contribution in [0.5, 0.6) is 0 Å². The molecule has 5 rings (SSSR count). The highest BCUT2D eigenvalue weighted by molar-refractivity contribution is 8.00. The van der Waals surface area contributed by atoms with Crippen LogP contribution in [-0.2, 0) is 9.52 Å². The fourth-order valence-electron chi connectivity index (χ4n) is 3.75. The van der Waals surface area contributed by atoms with E-state index < -0.39 is 9.52 Å². The minimum atomic E-state index is -2.43. The van der Waals surface area contributed by atoms with Crippen LogP contribution >= 0.6 is 0 Å². The van der Waals surface area contributed by atoms with Gasteiger partial charge in [0.15, 0.2) is 0 Å². The van der Waals surface area contributed by atoms with Gasteiger partial charge < -0.3 is 0 Å². The number of benzene rings is 3. The Morgan fingerprint density at radius 3 is 1.58 bits per heavy atom. The third-order valence-electron chi connectivity index (χ3n) is 5.72. The molecule has 2 N–H and O–H groups in total. The quantitative estimate of drug-likeness (QED) is 0.315. The van der Waals surface area contributed by atoms with Crippen molar-refractivity contribution in [2.75, 3.05) is 5.75 Å².